The Kier molecular flexibility index (Phi) is 4.41. The van der Waals surface area contributed by atoms with E-state index in [1.54, 1.807) is 7.11 Å². The molecule has 4 N–H and O–H groups in total. The molecule has 0 aliphatic rings. The van der Waals surface area contributed by atoms with E-state index >= 15 is 0 Å². The van der Waals surface area contributed by atoms with Crippen molar-refractivity contribution in [3.8, 4) is 5.75 Å². The zero-order valence-electron chi connectivity index (χ0n) is 11.5. The van der Waals surface area contributed by atoms with Gasteiger partial charge in [0.25, 0.3) is 0 Å². The molecule has 0 saturated heterocycles. The highest BCUT2D eigenvalue weighted by molar-refractivity contribution is 9.10. The standard InChI is InChI=1S/C13H16BrN5O/c1-7-12(16-8(2)17-13(7)19-15)18-10-4-9(14)5-11(6-10)20-3/h4-6H,15H2,1-3H3,(H2,16,17,18,19). The molecule has 0 radical (unpaired) electrons. The van der Waals surface area contributed by atoms with Gasteiger partial charge in [-0.3, -0.25) is 0 Å². The Morgan fingerprint density at radius 2 is 1.85 bits per heavy atom. The maximum Gasteiger partial charge on any atom is 0.148 e. The van der Waals surface area contributed by atoms with Crippen LogP contribution >= 0.6 is 15.9 Å². The molecule has 0 aliphatic carbocycles. The van der Waals surface area contributed by atoms with Gasteiger partial charge in [-0.15, -0.1) is 0 Å². The Labute approximate surface area is 125 Å². The Morgan fingerprint density at radius 1 is 1.15 bits per heavy atom. The summed E-state index contributed by atoms with van der Waals surface area (Å²) in [6.45, 7) is 3.71. The lowest BCUT2D eigenvalue weighted by molar-refractivity contribution is 0.415. The topological polar surface area (TPSA) is 85.1 Å². The van der Waals surface area contributed by atoms with Gasteiger partial charge in [-0.05, 0) is 26.0 Å². The average Bonchev–Trinajstić information content (AvgIpc) is 2.41. The summed E-state index contributed by atoms with van der Waals surface area (Å²) >= 11 is 3.44. The normalized spacial score (nSPS) is 10.2. The van der Waals surface area contributed by atoms with Gasteiger partial charge in [0.1, 0.15) is 23.2 Å². The molecule has 0 atom stereocenters. The second-order valence-corrected chi connectivity index (χ2v) is 5.16. The molecular weight excluding hydrogens is 322 g/mol. The van der Waals surface area contributed by atoms with Gasteiger partial charge in [-0.2, -0.15) is 0 Å². The maximum atomic E-state index is 5.46. The summed E-state index contributed by atoms with van der Waals surface area (Å²) in [4.78, 5) is 8.61. The molecule has 1 aromatic carbocycles. The van der Waals surface area contributed by atoms with Crippen molar-refractivity contribution in [1.82, 2.24) is 9.97 Å². The van der Waals surface area contributed by atoms with Crippen molar-refractivity contribution in [3.63, 3.8) is 0 Å². The fourth-order valence-electron chi connectivity index (χ4n) is 1.78. The van der Waals surface area contributed by atoms with E-state index in [4.69, 9.17) is 10.6 Å². The Hall–Kier alpha value is -1.86. The molecule has 0 saturated carbocycles. The molecule has 7 heteroatoms. The summed E-state index contributed by atoms with van der Waals surface area (Å²) in [5.74, 6) is 8.14. The Morgan fingerprint density at radius 3 is 2.50 bits per heavy atom. The first-order valence-electron chi connectivity index (χ1n) is 5.97. The van der Waals surface area contributed by atoms with Gasteiger partial charge in [0.2, 0.25) is 0 Å². The average molecular weight is 338 g/mol. The molecule has 6 nitrogen and oxygen atoms in total. The second kappa shape index (κ2) is 6.06. The van der Waals surface area contributed by atoms with Crippen LogP contribution in [0.2, 0.25) is 0 Å². The van der Waals surface area contributed by atoms with Crippen molar-refractivity contribution in [2.24, 2.45) is 5.84 Å². The van der Waals surface area contributed by atoms with Gasteiger partial charge < -0.3 is 15.5 Å². The summed E-state index contributed by atoms with van der Waals surface area (Å²) in [6.07, 6.45) is 0. The minimum Gasteiger partial charge on any atom is -0.497 e. The Balaban J connectivity index is 2.39. The third kappa shape index (κ3) is 3.17. The van der Waals surface area contributed by atoms with E-state index in [-0.39, 0.29) is 0 Å². The number of aryl methyl sites for hydroxylation is 1. The molecule has 0 aliphatic heterocycles. The number of hydrogen-bond donors (Lipinski definition) is 3. The minimum atomic E-state index is 0.599. The quantitative estimate of drug-likeness (QED) is 0.587. The number of hydrogen-bond acceptors (Lipinski definition) is 6. The minimum absolute atomic E-state index is 0.599. The predicted molar refractivity (Wildman–Crippen MR) is 83.3 cm³/mol. The first-order chi connectivity index (χ1) is 9.53. The van der Waals surface area contributed by atoms with Crippen LogP contribution in [0.1, 0.15) is 11.4 Å². The highest BCUT2D eigenvalue weighted by atomic mass is 79.9. The third-order valence-corrected chi connectivity index (χ3v) is 3.22. The van der Waals surface area contributed by atoms with E-state index in [0.717, 1.165) is 21.5 Å². The molecule has 106 valence electrons. The van der Waals surface area contributed by atoms with Crippen LogP contribution in [0, 0.1) is 13.8 Å². The summed E-state index contributed by atoms with van der Waals surface area (Å²) in [5.41, 5.74) is 4.28. The largest absolute Gasteiger partial charge is 0.497 e. The van der Waals surface area contributed by atoms with Crippen molar-refractivity contribution in [2.75, 3.05) is 17.9 Å². The number of aromatic nitrogens is 2. The number of nitrogens with zero attached hydrogens (tertiary/aromatic N) is 2. The van der Waals surface area contributed by atoms with Gasteiger partial charge in [-0.25, -0.2) is 15.8 Å². The van der Waals surface area contributed by atoms with Gasteiger partial charge in [0, 0.05) is 21.8 Å². The highest BCUT2D eigenvalue weighted by Gasteiger charge is 2.09. The molecule has 0 unspecified atom stereocenters. The van der Waals surface area contributed by atoms with Crippen LogP contribution in [0.3, 0.4) is 0 Å². The van der Waals surface area contributed by atoms with E-state index < -0.39 is 0 Å². The van der Waals surface area contributed by atoms with Gasteiger partial charge >= 0.3 is 0 Å². The van der Waals surface area contributed by atoms with Crippen LogP contribution in [0.4, 0.5) is 17.3 Å². The maximum absolute atomic E-state index is 5.46. The van der Waals surface area contributed by atoms with Crippen molar-refractivity contribution in [1.29, 1.82) is 0 Å². The molecule has 20 heavy (non-hydrogen) atoms. The number of halogens is 1. The van der Waals surface area contributed by atoms with Crippen LogP contribution in [0.25, 0.3) is 0 Å². The number of nitrogen functional groups attached to an aromatic ring is 1. The first kappa shape index (κ1) is 14.5. The van der Waals surface area contributed by atoms with E-state index in [1.807, 2.05) is 32.0 Å². The smallest absolute Gasteiger partial charge is 0.148 e. The van der Waals surface area contributed by atoms with E-state index in [2.05, 4.69) is 36.6 Å². The number of methoxy groups -OCH3 is 1. The number of nitrogens with one attached hydrogen (secondary N) is 2. The molecule has 2 aromatic rings. The highest BCUT2D eigenvalue weighted by Crippen LogP contribution is 2.28. The molecule has 0 spiro atoms. The predicted octanol–water partition coefficient (Wildman–Crippen LogP) is 2.89. The van der Waals surface area contributed by atoms with Crippen molar-refractivity contribution in [2.45, 2.75) is 13.8 Å². The summed E-state index contributed by atoms with van der Waals surface area (Å²) in [7, 11) is 1.63. The molecule has 1 heterocycles. The van der Waals surface area contributed by atoms with E-state index in [9.17, 15) is 0 Å². The number of benzene rings is 1. The van der Waals surface area contributed by atoms with Crippen LogP contribution in [-0.4, -0.2) is 17.1 Å². The lowest BCUT2D eigenvalue weighted by Crippen LogP contribution is -2.13. The lowest BCUT2D eigenvalue weighted by Gasteiger charge is -2.13. The lowest BCUT2D eigenvalue weighted by atomic mass is 10.2. The van der Waals surface area contributed by atoms with Crippen LogP contribution < -0.4 is 21.3 Å². The van der Waals surface area contributed by atoms with Crippen molar-refractivity contribution < 1.29 is 4.74 Å². The van der Waals surface area contributed by atoms with Crippen LogP contribution in [-0.2, 0) is 0 Å². The van der Waals surface area contributed by atoms with E-state index in [0.29, 0.717) is 17.5 Å². The number of ether oxygens (including phenoxy) is 1. The SMILES string of the molecule is COc1cc(Br)cc(Nc2nc(C)nc(NN)c2C)c1. The van der Waals surface area contributed by atoms with Gasteiger partial charge in [0.15, 0.2) is 0 Å². The molecule has 0 amide bonds. The summed E-state index contributed by atoms with van der Waals surface area (Å²) in [6, 6.07) is 5.71. The molecular formula is C13H16BrN5O. The first-order valence-corrected chi connectivity index (χ1v) is 6.76. The van der Waals surface area contributed by atoms with Crippen LogP contribution in [0.15, 0.2) is 22.7 Å². The zero-order chi connectivity index (χ0) is 14.7. The third-order valence-electron chi connectivity index (χ3n) is 2.76. The van der Waals surface area contributed by atoms with Crippen LogP contribution in [0.5, 0.6) is 5.75 Å². The van der Waals surface area contributed by atoms with Gasteiger partial charge in [-0.1, -0.05) is 15.9 Å². The van der Waals surface area contributed by atoms with Crippen molar-refractivity contribution in [3.05, 3.63) is 34.1 Å². The van der Waals surface area contributed by atoms with Gasteiger partial charge in [0.05, 0.1) is 7.11 Å². The molecule has 1 aromatic heterocycles. The summed E-state index contributed by atoms with van der Waals surface area (Å²) in [5, 5.41) is 3.25. The number of hydrazine groups is 1. The second-order valence-electron chi connectivity index (χ2n) is 4.24. The van der Waals surface area contributed by atoms with E-state index in [1.165, 1.54) is 0 Å². The fourth-order valence-corrected chi connectivity index (χ4v) is 2.25. The Bertz CT molecular complexity index is 632. The molecule has 2 rings (SSSR count). The zero-order valence-corrected chi connectivity index (χ0v) is 13.1. The number of nitrogens with two attached hydrogens (primary N) is 1. The monoisotopic (exact) mass is 337 g/mol. The number of rotatable bonds is 4. The van der Waals surface area contributed by atoms with Crippen molar-refractivity contribution >= 4 is 33.3 Å². The summed E-state index contributed by atoms with van der Waals surface area (Å²) < 4.78 is 6.15. The fraction of sp³-hybridized carbons (Fsp3) is 0.231. The number of anilines is 3. The molecule has 0 bridgehead atoms. The molecule has 0 fully saturated rings.